The fourth-order valence-electron chi connectivity index (χ4n) is 2.37. The number of nitrogens with one attached hydrogen (secondary N) is 1. The quantitative estimate of drug-likeness (QED) is 0.805. The molecule has 108 valence electrons. The van der Waals surface area contributed by atoms with Gasteiger partial charge in [0.2, 0.25) is 5.91 Å². The van der Waals surface area contributed by atoms with Gasteiger partial charge < -0.3 is 9.84 Å². The van der Waals surface area contributed by atoms with E-state index in [2.05, 4.69) is 21.5 Å². The van der Waals surface area contributed by atoms with Crippen molar-refractivity contribution in [2.45, 2.75) is 27.2 Å². The van der Waals surface area contributed by atoms with Crippen molar-refractivity contribution in [2.24, 2.45) is 0 Å². The predicted molar refractivity (Wildman–Crippen MR) is 82.7 cm³/mol. The number of hydrogen-bond acceptors (Lipinski definition) is 5. The Bertz CT molecular complexity index is 820. The van der Waals surface area contributed by atoms with Crippen LogP contribution in [0.2, 0.25) is 0 Å². The molecule has 0 aliphatic rings. The first-order valence-corrected chi connectivity index (χ1v) is 7.48. The van der Waals surface area contributed by atoms with Crippen LogP contribution in [0.3, 0.4) is 0 Å². The number of carbonyl (C=O) groups is 1. The van der Waals surface area contributed by atoms with E-state index in [1.54, 1.807) is 0 Å². The van der Waals surface area contributed by atoms with Crippen LogP contribution in [0.25, 0.3) is 11.0 Å². The van der Waals surface area contributed by atoms with Crippen LogP contribution in [0, 0.1) is 20.8 Å². The molecule has 0 saturated carbocycles. The van der Waals surface area contributed by atoms with E-state index >= 15 is 0 Å². The molecule has 1 amide bonds. The van der Waals surface area contributed by atoms with Gasteiger partial charge in [-0.1, -0.05) is 11.2 Å². The van der Waals surface area contributed by atoms with Crippen LogP contribution in [-0.4, -0.2) is 16.0 Å². The molecule has 0 aliphatic heterocycles. The maximum atomic E-state index is 12.1. The number of carbonyl (C=O) groups excluding carboxylic acids is 1. The summed E-state index contributed by atoms with van der Waals surface area (Å²) in [4.78, 5) is 16.3. The normalized spacial score (nSPS) is 11.0. The van der Waals surface area contributed by atoms with Crippen LogP contribution in [-0.2, 0) is 11.2 Å². The molecular formula is C15H15N3O2S. The Balaban J connectivity index is 1.83. The van der Waals surface area contributed by atoms with Gasteiger partial charge in [-0.25, -0.2) is 4.98 Å². The fourth-order valence-corrected chi connectivity index (χ4v) is 3.07. The second-order valence-electron chi connectivity index (χ2n) is 5.10. The second kappa shape index (κ2) is 5.29. The third-order valence-electron chi connectivity index (χ3n) is 3.18. The summed E-state index contributed by atoms with van der Waals surface area (Å²) in [6.07, 6.45) is 0.176. The molecule has 0 saturated heterocycles. The number of aromatic nitrogens is 2. The van der Waals surface area contributed by atoms with Crippen LogP contribution in [0.4, 0.5) is 5.13 Å². The molecule has 0 atom stereocenters. The van der Waals surface area contributed by atoms with E-state index in [4.69, 9.17) is 4.52 Å². The largest absolute Gasteiger partial charge is 0.356 e. The summed E-state index contributed by atoms with van der Waals surface area (Å²) < 4.78 is 5.32. The van der Waals surface area contributed by atoms with Gasteiger partial charge in [0.05, 0.1) is 12.1 Å². The molecule has 0 unspecified atom stereocenters. The highest BCUT2D eigenvalue weighted by atomic mass is 32.1. The minimum absolute atomic E-state index is 0.139. The van der Waals surface area contributed by atoms with Gasteiger partial charge in [0, 0.05) is 10.8 Å². The molecule has 0 fully saturated rings. The molecule has 6 heteroatoms. The number of aryl methyl sites for hydroxylation is 3. The number of thiazole rings is 1. The maximum Gasteiger partial charge on any atom is 0.232 e. The van der Waals surface area contributed by atoms with E-state index in [0.717, 1.165) is 27.8 Å². The maximum absolute atomic E-state index is 12.1. The molecule has 21 heavy (non-hydrogen) atoms. The number of benzene rings is 1. The highest BCUT2D eigenvalue weighted by Crippen LogP contribution is 2.25. The average molecular weight is 301 g/mol. The van der Waals surface area contributed by atoms with E-state index in [9.17, 15) is 4.79 Å². The molecule has 0 spiro atoms. The molecule has 5 nitrogen and oxygen atoms in total. The van der Waals surface area contributed by atoms with Gasteiger partial charge in [-0.05, 0) is 38.0 Å². The van der Waals surface area contributed by atoms with Crippen molar-refractivity contribution >= 4 is 33.3 Å². The summed E-state index contributed by atoms with van der Waals surface area (Å²) in [7, 11) is 0. The van der Waals surface area contributed by atoms with E-state index in [1.807, 2.05) is 32.2 Å². The number of amides is 1. The lowest BCUT2D eigenvalue weighted by Gasteiger charge is -2.01. The molecule has 0 radical (unpaired) electrons. The van der Waals surface area contributed by atoms with Crippen molar-refractivity contribution in [1.82, 2.24) is 10.1 Å². The average Bonchev–Trinajstić information content (AvgIpc) is 2.96. The Hall–Kier alpha value is -2.21. The van der Waals surface area contributed by atoms with Crippen molar-refractivity contribution in [3.63, 3.8) is 0 Å². The minimum Gasteiger partial charge on any atom is -0.356 e. The summed E-state index contributed by atoms with van der Waals surface area (Å²) in [6.45, 7) is 5.90. The first-order chi connectivity index (χ1) is 10.0. The van der Waals surface area contributed by atoms with Crippen LogP contribution in [0.1, 0.15) is 22.5 Å². The summed E-state index contributed by atoms with van der Waals surface area (Å²) in [5, 5.41) is 10.2. The van der Waals surface area contributed by atoms with Gasteiger partial charge in [0.1, 0.15) is 5.69 Å². The zero-order chi connectivity index (χ0) is 15.0. The van der Waals surface area contributed by atoms with Gasteiger partial charge in [-0.3, -0.25) is 4.79 Å². The third-order valence-corrected chi connectivity index (χ3v) is 4.06. The standard InChI is InChI=1S/C15H15N3O2S/c1-8-4-9(2)14-11(18-20-12(14)5-8)6-13(19)17-15-16-10(3)7-21-15/h4-5,7H,6H2,1-3H3,(H,16,17,19). The Morgan fingerprint density at radius 1 is 1.33 bits per heavy atom. The monoisotopic (exact) mass is 301 g/mol. The number of nitrogens with zero attached hydrogens (tertiary/aromatic N) is 2. The van der Waals surface area contributed by atoms with E-state index in [-0.39, 0.29) is 12.3 Å². The SMILES string of the molecule is Cc1cc(C)c2c(CC(=O)Nc3nc(C)cs3)noc2c1. The third kappa shape index (κ3) is 2.80. The van der Waals surface area contributed by atoms with E-state index in [1.165, 1.54) is 11.3 Å². The molecule has 3 rings (SSSR count). The van der Waals surface area contributed by atoms with E-state index < -0.39 is 0 Å². The first kappa shape index (κ1) is 13.8. The summed E-state index contributed by atoms with van der Waals surface area (Å²) >= 11 is 1.41. The van der Waals surface area contributed by atoms with Gasteiger partial charge >= 0.3 is 0 Å². The topological polar surface area (TPSA) is 68.0 Å². The lowest BCUT2D eigenvalue weighted by Crippen LogP contribution is -2.14. The van der Waals surface area contributed by atoms with Gasteiger partial charge in [-0.2, -0.15) is 0 Å². The number of fused-ring (bicyclic) bond motifs is 1. The smallest absolute Gasteiger partial charge is 0.232 e. The number of rotatable bonds is 3. The lowest BCUT2D eigenvalue weighted by atomic mass is 10.0. The second-order valence-corrected chi connectivity index (χ2v) is 5.96. The molecule has 0 bridgehead atoms. The van der Waals surface area contributed by atoms with Crippen LogP contribution >= 0.6 is 11.3 Å². The highest BCUT2D eigenvalue weighted by Gasteiger charge is 2.15. The van der Waals surface area contributed by atoms with Gasteiger partial charge in [0.25, 0.3) is 0 Å². The zero-order valence-corrected chi connectivity index (χ0v) is 12.9. The molecular weight excluding hydrogens is 286 g/mol. The van der Waals surface area contributed by atoms with Crippen LogP contribution < -0.4 is 5.32 Å². The molecule has 3 aromatic rings. The fraction of sp³-hybridized carbons (Fsp3) is 0.267. The predicted octanol–water partition coefficient (Wildman–Crippen LogP) is 3.39. The van der Waals surface area contributed by atoms with Crippen molar-refractivity contribution in [3.8, 4) is 0 Å². The minimum atomic E-state index is -0.139. The number of hydrogen-bond donors (Lipinski definition) is 1. The van der Waals surface area contributed by atoms with Crippen LogP contribution in [0.15, 0.2) is 22.0 Å². The first-order valence-electron chi connectivity index (χ1n) is 6.60. The van der Waals surface area contributed by atoms with E-state index in [0.29, 0.717) is 10.8 Å². The Labute approximate surface area is 126 Å². The highest BCUT2D eigenvalue weighted by molar-refractivity contribution is 7.13. The molecule has 1 aromatic carbocycles. The lowest BCUT2D eigenvalue weighted by molar-refractivity contribution is -0.115. The van der Waals surface area contributed by atoms with Crippen molar-refractivity contribution in [2.75, 3.05) is 5.32 Å². The Morgan fingerprint density at radius 3 is 2.86 bits per heavy atom. The Morgan fingerprint density at radius 2 is 2.14 bits per heavy atom. The zero-order valence-electron chi connectivity index (χ0n) is 12.1. The molecule has 2 aromatic heterocycles. The molecule has 1 N–H and O–H groups in total. The summed E-state index contributed by atoms with van der Waals surface area (Å²) in [6, 6.07) is 3.99. The molecule has 0 aliphatic carbocycles. The van der Waals surface area contributed by atoms with Gasteiger partial charge in [0.15, 0.2) is 10.7 Å². The van der Waals surface area contributed by atoms with Gasteiger partial charge in [-0.15, -0.1) is 11.3 Å². The van der Waals surface area contributed by atoms with Crippen molar-refractivity contribution in [1.29, 1.82) is 0 Å². The summed E-state index contributed by atoms with van der Waals surface area (Å²) in [5.74, 6) is -0.139. The van der Waals surface area contributed by atoms with Crippen molar-refractivity contribution in [3.05, 3.63) is 40.0 Å². The summed E-state index contributed by atoms with van der Waals surface area (Å²) in [5.41, 5.74) is 4.46. The van der Waals surface area contributed by atoms with Crippen LogP contribution in [0.5, 0.6) is 0 Å². The number of anilines is 1. The van der Waals surface area contributed by atoms with Crippen molar-refractivity contribution < 1.29 is 9.32 Å². The Kier molecular flexibility index (Phi) is 3.47. The molecule has 2 heterocycles.